The topological polar surface area (TPSA) is 113 Å². The van der Waals surface area contributed by atoms with E-state index in [4.69, 9.17) is 9.47 Å². The zero-order valence-corrected chi connectivity index (χ0v) is 26.9. The zero-order valence-electron chi connectivity index (χ0n) is 26.9. The van der Waals surface area contributed by atoms with Gasteiger partial charge in [0.1, 0.15) is 11.5 Å². The van der Waals surface area contributed by atoms with Crippen molar-refractivity contribution >= 4 is 11.9 Å². The second-order valence-electron chi connectivity index (χ2n) is 16.6. The summed E-state index contributed by atoms with van der Waals surface area (Å²) in [6.45, 7) is 17.1. The molecule has 7 nitrogen and oxygen atoms in total. The molecule has 0 amide bonds. The number of esters is 1. The summed E-state index contributed by atoms with van der Waals surface area (Å²) in [5.74, 6) is -2.22. The largest absolute Gasteiger partial charge is 0.481 e. The van der Waals surface area contributed by atoms with Crippen LogP contribution in [-0.2, 0) is 19.1 Å². The van der Waals surface area contributed by atoms with Crippen LogP contribution < -0.4 is 0 Å². The van der Waals surface area contributed by atoms with Crippen molar-refractivity contribution in [3.05, 3.63) is 23.3 Å². The molecule has 7 aliphatic rings. The Hall–Kier alpha value is -1.70. The van der Waals surface area contributed by atoms with Crippen molar-refractivity contribution in [2.24, 2.45) is 50.2 Å². The summed E-state index contributed by atoms with van der Waals surface area (Å²) in [5, 5.41) is 34.1. The van der Waals surface area contributed by atoms with Crippen molar-refractivity contribution in [3.63, 3.8) is 0 Å². The van der Waals surface area contributed by atoms with Gasteiger partial charge in [-0.3, -0.25) is 4.79 Å². The lowest BCUT2D eigenvalue weighted by Gasteiger charge is -2.74. The first-order valence-corrected chi connectivity index (χ1v) is 16.2. The molecule has 0 radical (unpaired) electrons. The third-order valence-corrected chi connectivity index (χ3v) is 14.7. The number of carboxylic acid groups (broad SMARTS) is 1. The van der Waals surface area contributed by atoms with Gasteiger partial charge in [0, 0.05) is 28.7 Å². The molecule has 0 aromatic rings. The number of aliphatic hydroxyl groups is 2. The molecular weight excluding hydrogens is 532 g/mol. The highest BCUT2D eigenvalue weighted by Gasteiger charge is 2.75. The molecule has 0 aromatic heterocycles. The number of rotatable bonds is 3. The molecule has 3 N–H and O–H groups in total. The molecule has 2 saturated heterocycles. The van der Waals surface area contributed by atoms with Gasteiger partial charge in [0.15, 0.2) is 5.79 Å². The van der Waals surface area contributed by atoms with Crippen LogP contribution in [0.2, 0.25) is 0 Å². The van der Waals surface area contributed by atoms with E-state index in [0.717, 1.165) is 25.7 Å². The summed E-state index contributed by atoms with van der Waals surface area (Å²) in [6, 6.07) is 0. The molecule has 7 heteroatoms. The lowest BCUT2D eigenvalue weighted by Crippen LogP contribution is -2.73. The number of carboxylic acids is 1. The van der Waals surface area contributed by atoms with Crippen molar-refractivity contribution in [1.29, 1.82) is 0 Å². The second-order valence-corrected chi connectivity index (χ2v) is 16.6. The van der Waals surface area contributed by atoms with Crippen LogP contribution in [-0.4, -0.2) is 51.9 Å². The smallest absolute Gasteiger partial charge is 0.333 e. The first kappa shape index (κ1) is 30.3. The lowest BCUT2D eigenvalue weighted by molar-refractivity contribution is -0.395. The number of hydrogen-bond acceptors (Lipinski definition) is 6. The Labute approximate surface area is 251 Å². The van der Waals surface area contributed by atoms with Crippen LogP contribution in [0.3, 0.4) is 0 Å². The molecule has 10 atom stereocenters. The molecule has 4 saturated carbocycles. The summed E-state index contributed by atoms with van der Waals surface area (Å²) in [7, 11) is 0. The van der Waals surface area contributed by atoms with Crippen molar-refractivity contribution in [3.8, 4) is 0 Å². The van der Waals surface area contributed by atoms with Gasteiger partial charge in [-0.1, -0.05) is 59.3 Å². The van der Waals surface area contributed by atoms with Crippen LogP contribution >= 0.6 is 0 Å². The van der Waals surface area contributed by atoms with Crippen LogP contribution in [0.15, 0.2) is 23.3 Å². The average molecular weight is 585 g/mol. The Morgan fingerprint density at radius 3 is 2.31 bits per heavy atom. The van der Waals surface area contributed by atoms with E-state index in [1.807, 2.05) is 13.8 Å². The highest BCUT2D eigenvalue weighted by atomic mass is 16.6. The van der Waals surface area contributed by atoms with E-state index in [2.05, 4.69) is 33.8 Å². The SMILES string of the molecule is C/C=C(\C)C(=O)O[C@@H]1[C@@H](O)C(C)(C)C[C@H]2C3=CC[C@@H]4[C@]56CC[C@@](O)(OC5)C(C)(C)[C@@H]6CC[C@@]4(C)[C@]3(C)CC[C@@]12C(=O)O. The quantitative estimate of drug-likeness (QED) is 0.211. The van der Waals surface area contributed by atoms with Crippen LogP contribution in [0.25, 0.3) is 0 Å². The normalized spacial score (nSPS) is 50.4. The maximum absolute atomic E-state index is 13.4. The summed E-state index contributed by atoms with van der Waals surface area (Å²) in [4.78, 5) is 26.5. The highest BCUT2D eigenvalue weighted by Crippen LogP contribution is 2.78. The number of hydrogen-bond donors (Lipinski definition) is 3. The summed E-state index contributed by atoms with van der Waals surface area (Å²) < 4.78 is 12.3. The Balaban J connectivity index is 1.46. The number of aliphatic carboxylic acids is 1. The minimum Gasteiger partial charge on any atom is -0.481 e. The van der Waals surface area contributed by atoms with E-state index in [9.17, 15) is 24.9 Å². The van der Waals surface area contributed by atoms with Crippen molar-refractivity contribution < 1.29 is 34.4 Å². The fourth-order valence-electron chi connectivity index (χ4n) is 11.7. The van der Waals surface area contributed by atoms with Gasteiger partial charge in [0.25, 0.3) is 0 Å². The maximum Gasteiger partial charge on any atom is 0.333 e. The molecule has 6 fully saturated rings. The average Bonchev–Trinajstić information content (AvgIpc) is 2.91. The number of carbonyl (C=O) groups is 2. The molecule has 2 bridgehead atoms. The molecular formula is C35H52O7. The van der Waals surface area contributed by atoms with Gasteiger partial charge < -0.3 is 24.8 Å². The third kappa shape index (κ3) is 3.39. The molecule has 0 aromatic carbocycles. The molecule has 2 aliphatic heterocycles. The van der Waals surface area contributed by atoms with E-state index in [1.165, 1.54) is 5.57 Å². The lowest BCUT2D eigenvalue weighted by atomic mass is 9.32. The predicted molar refractivity (Wildman–Crippen MR) is 158 cm³/mol. The number of allylic oxidation sites excluding steroid dienone is 3. The Morgan fingerprint density at radius 1 is 1.02 bits per heavy atom. The number of ether oxygens (including phenoxy) is 2. The van der Waals surface area contributed by atoms with Crippen molar-refractivity contribution in [2.75, 3.05) is 6.61 Å². The van der Waals surface area contributed by atoms with Crippen LogP contribution in [0.1, 0.15) is 107 Å². The third-order valence-electron chi connectivity index (χ3n) is 14.7. The van der Waals surface area contributed by atoms with Gasteiger partial charge in [-0.05, 0) is 86.9 Å². The summed E-state index contributed by atoms with van der Waals surface area (Å²) >= 11 is 0. The minimum absolute atomic E-state index is 0.0164. The first-order valence-electron chi connectivity index (χ1n) is 16.2. The van der Waals surface area contributed by atoms with Gasteiger partial charge >= 0.3 is 11.9 Å². The van der Waals surface area contributed by atoms with E-state index < -0.39 is 40.8 Å². The molecule has 0 unspecified atom stereocenters. The second kappa shape index (κ2) is 8.94. The van der Waals surface area contributed by atoms with Gasteiger partial charge in [-0.15, -0.1) is 0 Å². The van der Waals surface area contributed by atoms with Gasteiger partial charge in [-0.2, -0.15) is 0 Å². The molecule has 2 heterocycles. The minimum atomic E-state index is -1.39. The number of carbonyl (C=O) groups excluding carboxylic acids is 1. The Morgan fingerprint density at radius 2 is 1.71 bits per heavy atom. The van der Waals surface area contributed by atoms with E-state index in [0.29, 0.717) is 49.7 Å². The first-order chi connectivity index (χ1) is 19.4. The Bertz CT molecular complexity index is 1250. The molecule has 42 heavy (non-hydrogen) atoms. The fraction of sp³-hybridized carbons (Fsp3) is 0.829. The van der Waals surface area contributed by atoms with Gasteiger partial charge in [-0.25, -0.2) is 4.79 Å². The summed E-state index contributed by atoms with van der Waals surface area (Å²) in [6.07, 6.45) is 7.84. The van der Waals surface area contributed by atoms with Crippen molar-refractivity contribution in [2.45, 2.75) is 125 Å². The molecule has 234 valence electrons. The zero-order chi connectivity index (χ0) is 30.9. The highest BCUT2D eigenvalue weighted by molar-refractivity contribution is 5.88. The number of fused-ring (bicyclic) bond motifs is 7. The van der Waals surface area contributed by atoms with Gasteiger partial charge in [0.2, 0.25) is 0 Å². The molecule has 7 rings (SSSR count). The van der Waals surface area contributed by atoms with Crippen LogP contribution in [0.4, 0.5) is 0 Å². The van der Waals surface area contributed by atoms with E-state index in [1.54, 1.807) is 19.9 Å². The molecule has 1 spiro atoms. The summed E-state index contributed by atoms with van der Waals surface area (Å²) in [5.41, 5.74) is -1.08. The molecule has 5 aliphatic carbocycles. The van der Waals surface area contributed by atoms with Crippen LogP contribution in [0.5, 0.6) is 0 Å². The van der Waals surface area contributed by atoms with E-state index >= 15 is 0 Å². The van der Waals surface area contributed by atoms with Crippen molar-refractivity contribution in [1.82, 2.24) is 0 Å². The van der Waals surface area contributed by atoms with Gasteiger partial charge in [0.05, 0.1) is 12.7 Å². The Kier molecular flexibility index (Phi) is 6.46. The number of aliphatic hydroxyl groups excluding tert-OH is 1. The monoisotopic (exact) mass is 584 g/mol. The predicted octanol–water partition coefficient (Wildman–Crippen LogP) is 6.03. The van der Waals surface area contributed by atoms with Crippen LogP contribution in [0, 0.1) is 50.2 Å². The standard InChI is InChI=1S/C35H52O7/c1-9-20(2)27(37)42-26-25(36)29(3,4)18-22-21-10-11-24-32(8,31(21,7)14-16-34(22,26)28(38)39)13-12-23-30(5,6)35(40)17-15-33(23,24)19-41-35/h9-10,22-26,36,40H,11-19H2,1-8H3,(H,38,39)/b20-9+/t22-,23-,24-,25+,26+,31+,32+,33+,34-,35+/m0/s1. The fourth-order valence-corrected chi connectivity index (χ4v) is 11.7. The maximum atomic E-state index is 13.4. The van der Waals surface area contributed by atoms with E-state index in [-0.39, 0.29) is 27.6 Å².